The Labute approximate surface area is 207 Å². The number of rotatable bonds is 4. The quantitative estimate of drug-likeness (QED) is 0.374. The van der Waals surface area contributed by atoms with Gasteiger partial charge in [0.15, 0.2) is 0 Å². The van der Waals surface area contributed by atoms with Crippen molar-refractivity contribution in [2.45, 2.75) is 0 Å². The van der Waals surface area contributed by atoms with Gasteiger partial charge in [-0.3, -0.25) is 9.59 Å². The van der Waals surface area contributed by atoms with Crippen molar-refractivity contribution in [3.8, 4) is 0 Å². The van der Waals surface area contributed by atoms with E-state index < -0.39 is 0 Å². The van der Waals surface area contributed by atoms with E-state index in [1.807, 2.05) is 77.7 Å². The van der Waals surface area contributed by atoms with Crippen LogP contribution in [0.25, 0.3) is 10.8 Å². The molecule has 0 aromatic heterocycles. The van der Waals surface area contributed by atoms with Crippen LogP contribution < -0.4 is 10.2 Å². The summed E-state index contributed by atoms with van der Waals surface area (Å²) in [7, 11) is 0. The molecule has 5 rings (SSSR count). The van der Waals surface area contributed by atoms with E-state index in [1.165, 1.54) is 0 Å². The molecule has 0 saturated carbocycles. The van der Waals surface area contributed by atoms with E-state index in [0.29, 0.717) is 18.7 Å². The first-order valence-corrected chi connectivity index (χ1v) is 12.1. The summed E-state index contributed by atoms with van der Waals surface area (Å²) in [6, 6.07) is 29.2. The number of piperazine rings is 1. The number of carbonyl (C=O) groups excluding carboxylic acids is 2. The lowest BCUT2D eigenvalue weighted by Crippen LogP contribution is -2.48. The Hall–Kier alpha value is -3.64. The van der Waals surface area contributed by atoms with Crippen LogP contribution in [0.3, 0.4) is 0 Å². The van der Waals surface area contributed by atoms with Crippen LogP contribution in [0.2, 0.25) is 0 Å². The summed E-state index contributed by atoms with van der Waals surface area (Å²) in [6.45, 7) is 2.88. The highest BCUT2D eigenvalue weighted by atomic mass is 79.9. The first-order chi connectivity index (χ1) is 16.6. The molecule has 0 spiro atoms. The summed E-state index contributed by atoms with van der Waals surface area (Å²) in [5.41, 5.74) is 3.17. The fourth-order valence-corrected chi connectivity index (χ4v) is 4.66. The van der Waals surface area contributed by atoms with Crippen molar-refractivity contribution in [2.24, 2.45) is 0 Å². The molecule has 170 valence electrons. The highest BCUT2D eigenvalue weighted by Gasteiger charge is 2.22. The number of fused-ring (bicyclic) bond motifs is 1. The Balaban J connectivity index is 1.19. The molecule has 1 N–H and O–H groups in total. The molecule has 0 aliphatic carbocycles. The van der Waals surface area contributed by atoms with Crippen molar-refractivity contribution in [3.63, 3.8) is 0 Å². The minimum absolute atomic E-state index is 0.0796. The number of hydrogen-bond donors (Lipinski definition) is 1. The molecule has 6 heteroatoms. The van der Waals surface area contributed by atoms with E-state index in [1.54, 1.807) is 12.1 Å². The zero-order valence-corrected chi connectivity index (χ0v) is 20.2. The highest BCUT2D eigenvalue weighted by Crippen LogP contribution is 2.22. The Bertz CT molecular complexity index is 1350. The molecule has 0 bridgehead atoms. The van der Waals surface area contributed by atoms with Crippen molar-refractivity contribution < 1.29 is 9.59 Å². The monoisotopic (exact) mass is 513 g/mol. The van der Waals surface area contributed by atoms with E-state index in [4.69, 9.17) is 0 Å². The number of carbonyl (C=O) groups is 2. The lowest BCUT2D eigenvalue weighted by atomic mass is 10.1. The fraction of sp³-hybridized carbons (Fsp3) is 0.143. The van der Waals surface area contributed by atoms with E-state index in [0.717, 1.165) is 45.3 Å². The maximum absolute atomic E-state index is 13.0. The minimum Gasteiger partial charge on any atom is -0.368 e. The molecular weight excluding hydrogens is 490 g/mol. The Morgan fingerprint density at radius 3 is 2.18 bits per heavy atom. The molecule has 5 nitrogen and oxygen atoms in total. The SMILES string of the molecule is O=C(Nc1ccc(N2CCN(C(=O)c3ccc4ccccc4c3)CC2)cc1)c1cccc(Br)c1. The molecule has 1 heterocycles. The molecule has 1 fully saturated rings. The molecule has 2 amide bonds. The Morgan fingerprint density at radius 2 is 1.44 bits per heavy atom. The molecule has 0 unspecified atom stereocenters. The van der Waals surface area contributed by atoms with Crippen LogP contribution in [0.15, 0.2) is 95.5 Å². The third-order valence-corrected chi connectivity index (χ3v) is 6.63. The van der Waals surface area contributed by atoms with Crippen LogP contribution in [-0.4, -0.2) is 42.9 Å². The maximum Gasteiger partial charge on any atom is 0.255 e. The van der Waals surface area contributed by atoms with Gasteiger partial charge in [-0.05, 0) is 65.4 Å². The van der Waals surface area contributed by atoms with Crippen LogP contribution in [0, 0.1) is 0 Å². The van der Waals surface area contributed by atoms with E-state index in [-0.39, 0.29) is 11.8 Å². The Morgan fingerprint density at radius 1 is 0.706 bits per heavy atom. The van der Waals surface area contributed by atoms with Crippen molar-refractivity contribution in [1.82, 2.24) is 4.90 Å². The predicted molar refractivity (Wildman–Crippen MR) is 141 cm³/mol. The summed E-state index contributed by atoms with van der Waals surface area (Å²) in [6.07, 6.45) is 0. The van der Waals surface area contributed by atoms with E-state index in [9.17, 15) is 9.59 Å². The van der Waals surface area contributed by atoms with E-state index >= 15 is 0 Å². The minimum atomic E-state index is -0.144. The van der Waals surface area contributed by atoms with Gasteiger partial charge in [0.25, 0.3) is 11.8 Å². The second-order valence-corrected chi connectivity index (χ2v) is 9.27. The Kier molecular flexibility index (Phi) is 6.32. The van der Waals surface area contributed by atoms with Gasteiger partial charge in [0.1, 0.15) is 0 Å². The van der Waals surface area contributed by atoms with Gasteiger partial charge in [0, 0.05) is 53.2 Å². The number of amides is 2. The summed E-state index contributed by atoms with van der Waals surface area (Å²) in [4.78, 5) is 29.7. The smallest absolute Gasteiger partial charge is 0.255 e. The number of nitrogens with one attached hydrogen (secondary N) is 1. The molecule has 34 heavy (non-hydrogen) atoms. The zero-order valence-electron chi connectivity index (χ0n) is 18.6. The predicted octanol–water partition coefficient (Wildman–Crippen LogP) is 5.82. The van der Waals surface area contributed by atoms with Crippen molar-refractivity contribution in [3.05, 3.63) is 107 Å². The maximum atomic E-state index is 13.0. The van der Waals surface area contributed by atoms with Crippen LogP contribution >= 0.6 is 15.9 Å². The third-order valence-electron chi connectivity index (χ3n) is 6.14. The molecule has 4 aromatic rings. The van der Waals surface area contributed by atoms with Gasteiger partial charge in [-0.25, -0.2) is 0 Å². The van der Waals surface area contributed by atoms with Gasteiger partial charge in [-0.2, -0.15) is 0 Å². The first-order valence-electron chi connectivity index (χ1n) is 11.3. The normalized spacial score (nSPS) is 13.7. The molecular formula is C28H24BrN3O2. The molecule has 1 saturated heterocycles. The molecule has 0 atom stereocenters. The van der Waals surface area contributed by atoms with Gasteiger partial charge < -0.3 is 15.1 Å². The lowest BCUT2D eigenvalue weighted by molar-refractivity contribution is 0.0746. The third kappa shape index (κ3) is 4.82. The van der Waals surface area contributed by atoms with Crippen LogP contribution in [0.1, 0.15) is 20.7 Å². The molecule has 1 aliphatic rings. The van der Waals surface area contributed by atoms with Crippen LogP contribution in [0.5, 0.6) is 0 Å². The molecule has 0 radical (unpaired) electrons. The average Bonchev–Trinajstić information content (AvgIpc) is 2.88. The average molecular weight is 514 g/mol. The van der Waals surface area contributed by atoms with Gasteiger partial charge >= 0.3 is 0 Å². The number of anilines is 2. The number of halogens is 1. The standard InChI is InChI=1S/C28H24BrN3O2/c29-24-7-3-6-22(19-24)27(33)30-25-10-12-26(13-11-25)31-14-16-32(17-15-31)28(34)23-9-8-20-4-1-2-5-21(20)18-23/h1-13,18-19H,14-17H2,(H,30,33). The van der Waals surface area contributed by atoms with Gasteiger partial charge in [-0.15, -0.1) is 0 Å². The fourth-order valence-electron chi connectivity index (χ4n) is 4.26. The summed E-state index contributed by atoms with van der Waals surface area (Å²) in [5, 5.41) is 5.16. The second kappa shape index (κ2) is 9.69. The van der Waals surface area contributed by atoms with E-state index in [2.05, 4.69) is 32.2 Å². The zero-order chi connectivity index (χ0) is 23.5. The van der Waals surface area contributed by atoms with Gasteiger partial charge in [0.2, 0.25) is 0 Å². The van der Waals surface area contributed by atoms with Crippen LogP contribution in [0.4, 0.5) is 11.4 Å². The topological polar surface area (TPSA) is 52.7 Å². The van der Waals surface area contributed by atoms with Crippen molar-refractivity contribution >= 4 is 49.9 Å². The summed E-state index contributed by atoms with van der Waals surface area (Å²) in [5.74, 6) is -0.0640. The first kappa shape index (κ1) is 22.2. The lowest BCUT2D eigenvalue weighted by Gasteiger charge is -2.36. The summed E-state index contributed by atoms with van der Waals surface area (Å²) < 4.78 is 0.869. The number of nitrogens with zero attached hydrogens (tertiary/aromatic N) is 2. The largest absolute Gasteiger partial charge is 0.368 e. The second-order valence-electron chi connectivity index (χ2n) is 8.35. The molecule has 4 aromatic carbocycles. The van der Waals surface area contributed by atoms with Gasteiger partial charge in [-0.1, -0.05) is 52.3 Å². The highest BCUT2D eigenvalue weighted by molar-refractivity contribution is 9.10. The van der Waals surface area contributed by atoms with Crippen molar-refractivity contribution in [1.29, 1.82) is 0 Å². The number of benzene rings is 4. The number of hydrogen-bond acceptors (Lipinski definition) is 3. The van der Waals surface area contributed by atoms with Crippen LogP contribution in [-0.2, 0) is 0 Å². The van der Waals surface area contributed by atoms with Crippen molar-refractivity contribution in [2.75, 3.05) is 36.4 Å². The molecule has 1 aliphatic heterocycles. The van der Waals surface area contributed by atoms with Gasteiger partial charge in [0.05, 0.1) is 0 Å². The summed E-state index contributed by atoms with van der Waals surface area (Å²) >= 11 is 3.40.